The molecule has 0 saturated carbocycles. The van der Waals surface area contributed by atoms with Crippen LogP contribution in [0.5, 0.6) is 0 Å². The van der Waals surface area contributed by atoms with E-state index in [9.17, 15) is 4.79 Å². The molecule has 0 bridgehead atoms. The molecule has 1 aliphatic heterocycles. The summed E-state index contributed by atoms with van der Waals surface area (Å²) in [6.45, 7) is 5.67. The van der Waals surface area contributed by atoms with Crippen LogP contribution >= 0.6 is 0 Å². The summed E-state index contributed by atoms with van der Waals surface area (Å²) in [6, 6.07) is 7.88. The summed E-state index contributed by atoms with van der Waals surface area (Å²) in [5, 5.41) is 3.24. The first-order chi connectivity index (χ1) is 7.96. The van der Waals surface area contributed by atoms with Gasteiger partial charge in [-0.3, -0.25) is 0 Å². The highest BCUT2D eigenvalue weighted by atomic mass is 16.6. The van der Waals surface area contributed by atoms with Gasteiger partial charge in [0.1, 0.15) is 11.6 Å². The molecule has 0 amide bonds. The molecule has 1 N–H and O–H groups in total. The number of carbonyl (C=O) groups is 1. The van der Waals surface area contributed by atoms with E-state index in [1.165, 1.54) is 5.56 Å². The summed E-state index contributed by atoms with van der Waals surface area (Å²) >= 11 is 0. The first kappa shape index (κ1) is 12.0. The van der Waals surface area contributed by atoms with Crippen LogP contribution in [0.2, 0.25) is 0 Å². The summed E-state index contributed by atoms with van der Waals surface area (Å²) in [4.78, 5) is 11.9. The predicted molar refractivity (Wildman–Crippen MR) is 68.0 cm³/mol. The van der Waals surface area contributed by atoms with Gasteiger partial charge in [-0.05, 0) is 45.2 Å². The molecular weight excluding hydrogens is 214 g/mol. The zero-order chi connectivity index (χ0) is 12.5. The number of ether oxygens (including phenoxy) is 1. The van der Waals surface area contributed by atoms with Gasteiger partial charge in [-0.15, -0.1) is 0 Å². The van der Waals surface area contributed by atoms with Crippen LogP contribution in [-0.2, 0) is 16.0 Å². The molecule has 1 atom stereocenters. The van der Waals surface area contributed by atoms with Crippen LogP contribution in [0.4, 0.5) is 5.69 Å². The number of nitrogens with one attached hydrogen (secondary N) is 1. The quantitative estimate of drug-likeness (QED) is 0.758. The van der Waals surface area contributed by atoms with Gasteiger partial charge < -0.3 is 10.1 Å². The maximum Gasteiger partial charge on any atom is 0.329 e. The molecule has 1 aromatic carbocycles. The molecule has 1 heterocycles. The minimum atomic E-state index is -0.421. The van der Waals surface area contributed by atoms with Crippen molar-refractivity contribution in [2.24, 2.45) is 0 Å². The summed E-state index contributed by atoms with van der Waals surface area (Å²) < 4.78 is 5.39. The topological polar surface area (TPSA) is 38.3 Å². The highest BCUT2D eigenvalue weighted by molar-refractivity contribution is 5.81. The van der Waals surface area contributed by atoms with E-state index in [0.29, 0.717) is 0 Å². The van der Waals surface area contributed by atoms with E-state index in [1.807, 2.05) is 39.0 Å². The SMILES string of the molecule is CC(C)(C)OC(=O)C1CCc2ccccc2N1. The fraction of sp³-hybridized carbons (Fsp3) is 0.500. The largest absolute Gasteiger partial charge is 0.458 e. The lowest BCUT2D eigenvalue weighted by Gasteiger charge is -2.28. The van der Waals surface area contributed by atoms with Crippen molar-refractivity contribution < 1.29 is 9.53 Å². The Bertz CT molecular complexity index is 420. The van der Waals surface area contributed by atoms with Gasteiger partial charge in [0.15, 0.2) is 0 Å². The Morgan fingerprint density at radius 1 is 1.35 bits per heavy atom. The van der Waals surface area contributed by atoms with Crippen molar-refractivity contribution in [2.75, 3.05) is 5.32 Å². The van der Waals surface area contributed by atoms with Crippen molar-refractivity contribution in [3.05, 3.63) is 29.8 Å². The van der Waals surface area contributed by atoms with Crippen LogP contribution in [0.3, 0.4) is 0 Å². The Morgan fingerprint density at radius 2 is 2.06 bits per heavy atom. The van der Waals surface area contributed by atoms with Crippen LogP contribution in [0.1, 0.15) is 32.8 Å². The van der Waals surface area contributed by atoms with Gasteiger partial charge >= 0.3 is 5.97 Å². The molecule has 3 heteroatoms. The molecule has 0 aromatic heterocycles. The zero-order valence-corrected chi connectivity index (χ0v) is 10.6. The average Bonchev–Trinajstić information content (AvgIpc) is 2.26. The van der Waals surface area contributed by atoms with Crippen LogP contribution in [0, 0.1) is 0 Å². The van der Waals surface area contributed by atoms with E-state index in [4.69, 9.17) is 4.74 Å². The zero-order valence-electron chi connectivity index (χ0n) is 10.6. The van der Waals surface area contributed by atoms with Crippen LogP contribution < -0.4 is 5.32 Å². The minimum Gasteiger partial charge on any atom is -0.458 e. The number of carbonyl (C=O) groups excluding carboxylic acids is 1. The van der Waals surface area contributed by atoms with E-state index < -0.39 is 5.60 Å². The standard InChI is InChI=1S/C14H19NO2/c1-14(2,3)17-13(16)12-9-8-10-6-4-5-7-11(10)15-12/h4-7,12,15H,8-9H2,1-3H3. The molecule has 0 radical (unpaired) electrons. The van der Waals surface area contributed by atoms with Gasteiger partial charge in [0.05, 0.1) is 0 Å². The van der Waals surface area contributed by atoms with Crippen LogP contribution in [0.15, 0.2) is 24.3 Å². The molecule has 1 aliphatic rings. The Hall–Kier alpha value is -1.51. The molecule has 17 heavy (non-hydrogen) atoms. The van der Waals surface area contributed by atoms with Crippen molar-refractivity contribution in [1.29, 1.82) is 0 Å². The molecule has 2 rings (SSSR count). The Labute approximate surface area is 102 Å². The number of fused-ring (bicyclic) bond motifs is 1. The second-order valence-corrected chi connectivity index (χ2v) is 5.43. The summed E-state index contributed by atoms with van der Waals surface area (Å²) in [6.07, 6.45) is 1.72. The number of hydrogen-bond donors (Lipinski definition) is 1. The molecule has 1 aromatic rings. The molecule has 92 valence electrons. The summed E-state index contributed by atoms with van der Waals surface area (Å²) in [7, 11) is 0. The number of hydrogen-bond acceptors (Lipinski definition) is 3. The van der Waals surface area contributed by atoms with Crippen molar-refractivity contribution in [3.8, 4) is 0 Å². The van der Waals surface area contributed by atoms with E-state index >= 15 is 0 Å². The molecule has 0 spiro atoms. The first-order valence-electron chi connectivity index (χ1n) is 6.03. The Balaban J connectivity index is 2.05. The first-order valence-corrected chi connectivity index (χ1v) is 6.03. The van der Waals surface area contributed by atoms with Crippen molar-refractivity contribution in [1.82, 2.24) is 0 Å². The van der Waals surface area contributed by atoms with E-state index in [0.717, 1.165) is 18.5 Å². The Morgan fingerprint density at radius 3 is 2.76 bits per heavy atom. The van der Waals surface area contributed by atoms with Gasteiger partial charge in [0.2, 0.25) is 0 Å². The second kappa shape index (κ2) is 4.40. The summed E-state index contributed by atoms with van der Waals surface area (Å²) in [5.41, 5.74) is 1.90. The maximum atomic E-state index is 11.9. The van der Waals surface area contributed by atoms with Gasteiger partial charge in [0.25, 0.3) is 0 Å². The lowest BCUT2D eigenvalue weighted by atomic mass is 9.98. The van der Waals surface area contributed by atoms with Gasteiger partial charge in [-0.2, -0.15) is 0 Å². The van der Waals surface area contributed by atoms with E-state index in [1.54, 1.807) is 0 Å². The number of benzene rings is 1. The molecule has 1 unspecified atom stereocenters. The highest BCUT2D eigenvalue weighted by Crippen LogP contribution is 2.25. The van der Waals surface area contributed by atoms with Crippen LogP contribution in [-0.4, -0.2) is 17.6 Å². The van der Waals surface area contributed by atoms with Crippen molar-refractivity contribution >= 4 is 11.7 Å². The smallest absolute Gasteiger partial charge is 0.329 e. The molecule has 3 nitrogen and oxygen atoms in total. The Kier molecular flexibility index (Phi) is 3.09. The van der Waals surface area contributed by atoms with E-state index in [2.05, 4.69) is 11.4 Å². The van der Waals surface area contributed by atoms with Gasteiger partial charge in [-0.25, -0.2) is 4.79 Å². The lowest BCUT2D eigenvalue weighted by molar-refractivity contribution is -0.156. The fourth-order valence-electron chi connectivity index (χ4n) is 1.99. The van der Waals surface area contributed by atoms with Crippen molar-refractivity contribution in [3.63, 3.8) is 0 Å². The number of para-hydroxylation sites is 1. The molecule has 0 saturated heterocycles. The number of anilines is 1. The van der Waals surface area contributed by atoms with Gasteiger partial charge in [0, 0.05) is 5.69 Å². The number of aryl methyl sites for hydroxylation is 1. The van der Waals surface area contributed by atoms with Gasteiger partial charge in [-0.1, -0.05) is 18.2 Å². The minimum absolute atomic E-state index is 0.160. The van der Waals surface area contributed by atoms with Crippen LogP contribution in [0.25, 0.3) is 0 Å². The lowest BCUT2D eigenvalue weighted by Crippen LogP contribution is -2.38. The third-order valence-corrected chi connectivity index (χ3v) is 2.74. The third-order valence-electron chi connectivity index (χ3n) is 2.74. The normalized spacial score (nSPS) is 19.1. The number of esters is 1. The average molecular weight is 233 g/mol. The fourth-order valence-corrected chi connectivity index (χ4v) is 1.99. The maximum absolute atomic E-state index is 11.9. The van der Waals surface area contributed by atoms with E-state index in [-0.39, 0.29) is 12.0 Å². The predicted octanol–water partition coefficient (Wildman–Crippen LogP) is 2.76. The highest BCUT2D eigenvalue weighted by Gasteiger charge is 2.28. The summed E-state index contributed by atoms with van der Waals surface area (Å²) in [5.74, 6) is -0.160. The molecular formula is C14H19NO2. The van der Waals surface area contributed by atoms with Crippen molar-refractivity contribution in [2.45, 2.75) is 45.3 Å². The third kappa shape index (κ3) is 2.99. The molecule has 0 aliphatic carbocycles. The number of rotatable bonds is 1. The second-order valence-electron chi connectivity index (χ2n) is 5.43. The molecule has 0 fully saturated rings. The monoisotopic (exact) mass is 233 g/mol.